The lowest BCUT2D eigenvalue weighted by Gasteiger charge is -2.18. The van der Waals surface area contributed by atoms with Crippen LogP contribution in [0.15, 0.2) is 54.9 Å². The molecule has 6 nitrogen and oxygen atoms in total. The van der Waals surface area contributed by atoms with Crippen molar-refractivity contribution in [3.63, 3.8) is 0 Å². The van der Waals surface area contributed by atoms with Crippen LogP contribution >= 0.6 is 0 Å². The second-order valence-corrected chi connectivity index (χ2v) is 5.80. The zero-order valence-electron chi connectivity index (χ0n) is 14.1. The van der Waals surface area contributed by atoms with Crippen molar-refractivity contribution in [1.82, 2.24) is 10.3 Å². The van der Waals surface area contributed by atoms with Crippen LogP contribution in [0.2, 0.25) is 0 Å². The van der Waals surface area contributed by atoms with Gasteiger partial charge in [-0.2, -0.15) is 0 Å². The molecule has 132 valence electrons. The Hall–Kier alpha value is -2.73. The van der Waals surface area contributed by atoms with Crippen LogP contribution in [0, 0.1) is 5.92 Å². The minimum atomic E-state index is -1.08. The quantitative estimate of drug-likeness (QED) is 0.710. The maximum Gasteiger partial charge on any atom is 0.331 e. The van der Waals surface area contributed by atoms with Crippen LogP contribution in [-0.4, -0.2) is 34.6 Å². The van der Waals surface area contributed by atoms with E-state index in [1.807, 2.05) is 36.4 Å². The smallest absolute Gasteiger partial charge is 0.331 e. The molecule has 0 fully saturated rings. The topological polar surface area (TPSA) is 88.5 Å². The summed E-state index contributed by atoms with van der Waals surface area (Å²) in [5, 5.41) is 11.9. The van der Waals surface area contributed by atoms with Gasteiger partial charge in [0.1, 0.15) is 6.61 Å². The van der Waals surface area contributed by atoms with Crippen LogP contribution in [-0.2, 0) is 27.4 Å². The molecule has 0 aliphatic rings. The molecule has 2 atom stereocenters. The molecule has 2 rings (SSSR count). The molecule has 0 saturated carbocycles. The molecule has 1 amide bonds. The Morgan fingerprint density at radius 3 is 2.52 bits per heavy atom. The summed E-state index contributed by atoms with van der Waals surface area (Å²) in [6.07, 6.45) is 3.86. The van der Waals surface area contributed by atoms with Gasteiger partial charge in [0.2, 0.25) is 5.91 Å². The van der Waals surface area contributed by atoms with Gasteiger partial charge in [0.05, 0.1) is 6.61 Å². The van der Waals surface area contributed by atoms with Gasteiger partial charge in [-0.3, -0.25) is 9.78 Å². The lowest BCUT2D eigenvalue weighted by atomic mass is 10.0. The number of rotatable bonds is 8. The highest BCUT2D eigenvalue weighted by atomic mass is 16.5. The molecule has 0 spiro atoms. The maximum absolute atomic E-state index is 12.2. The molecule has 0 saturated heterocycles. The Balaban J connectivity index is 1.84. The standard InChI is InChI=1S/C19H22N2O4/c1-14(10-16-8-5-9-20-11-16)18(23)21-17(12-22)19(24)25-13-15-6-3-2-4-7-15/h2-9,11,14,17,22H,10,12-13H2,1H3,(H,21,23)/t14-,17-/m0/s1. The summed E-state index contributed by atoms with van der Waals surface area (Å²) in [6, 6.07) is 11.8. The summed E-state index contributed by atoms with van der Waals surface area (Å²) >= 11 is 0. The van der Waals surface area contributed by atoms with Gasteiger partial charge in [-0.1, -0.05) is 43.3 Å². The van der Waals surface area contributed by atoms with E-state index in [0.717, 1.165) is 11.1 Å². The van der Waals surface area contributed by atoms with E-state index in [1.165, 1.54) is 0 Å². The predicted octanol–water partition coefficient (Wildman–Crippen LogP) is 1.48. The van der Waals surface area contributed by atoms with Gasteiger partial charge in [0.25, 0.3) is 0 Å². The van der Waals surface area contributed by atoms with Gasteiger partial charge in [0.15, 0.2) is 6.04 Å². The number of benzene rings is 1. The fourth-order valence-electron chi connectivity index (χ4n) is 2.29. The summed E-state index contributed by atoms with van der Waals surface area (Å²) in [5.74, 6) is -1.34. The van der Waals surface area contributed by atoms with Crippen molar-refractivity contribution in [2.45, 2.75) is 26.0 Å². The first-order chi connectivity index (χ1) is 12.1. The van der Waals surface area contributed by atoms with E-state index in [2.05, 4.69) is 10.3 Å². The molecule has 0 bridgehead atoms. The number of esters is 1. The fraction of sp³-hybridized carbons (Fsp3) is 0.316. The van der Waals surface area contributed by atoms with Crippen LogP contribution in [0.5, 0.6) is 0 Å². The van der Waals surface area contributed by atoms with E-state index in [1.54, 1.807) is 25.4 Å². The summed E-state index contributed by atoms with van der Waals surface area (Å²) in [6.45, 7) is 1.34. The first kappa shape index (κ1) is 18.6. The van der Waals surface area contributed by atoms with E-state index in [4.69, 9.17) is 4.74 Å². The van der Waals surface area contributed by atoms with E-state index in [9.17, 15) is 14.7 Å². The lowest BCUT2D eigenvalue weighted by molar-refractivity contribution is -0.150. The van der Waals surface area contributed by atoms with Gasteiger partial charge < -0.3 is 15.2 Å². The molecular formula is C19H22N2O4. The average Bonchev–Trinajstić information content (AvgIpc) is 2.65. The van der Waals surface area contributed by atoms with Crippen molar-refractivity contribution in [3.8, 4) is 0 Å². The second-order valence-electron chi connectivity index (χ2n) is 5.80. The first-order valence-corrected chi connectivity index (χ1v) is 8.11. The van der Waals surface area contributed by atoms with E-state index >= 15 is 0 Å². The Labute approximate surface area is 146 Å². The van der Waals surface area contributed by atoms with Crippen molar-refractivity contribution in [1.29, 1.82) is 0 Å². The number of aliphatic hydroxyl groups excluding tert-OH is 1. The predicted molar refractivity (Wildman–Crippen MR) is 92.4 cm³/mol. The first-order valence-electron chi connectivity index (χ1n) is 8.11. The number of carbonyl (C=O) groups excluding carboxylic acids is 2. The minimum Gasteiger partial charge on any atom is -0.459 e. The van der Waals surface area contributed by atoms with Crippen molar-refractivity contribution in [2.24, 2.45) is 5.92 Å². The normalized spacial score (nSPS) is 12.9. The number of hydrogen-bond acceptors (Lipinski definition) is 5. The molecule has 2 aromatic rings. The van der Waals surface area contributed by atoms with Crippen molar-refractivity contribution < 1.29 is 19.4 Å². The van der Waals surface area contributed by atoms with Gasteiger partial charge in [0, 0.05) is 18.3 Å². The molecule has 25 heavy (non-hydrogen) atoms. The number of hydrogen-bond donors (Lipinski definition) is 2. The summed E-state index contributed by atoms with van der Waals surface area (Å²) in [5.41, 5.74) is 1.76. The molecule has 6 heteroatoms. The zero-order chi connectivity index (χ0) is 18.1. The summed E-state index contributed by atoms with van der Waals surface area (Å²) in [4.78, 5) is 28.3. The SMILES string of the molecule is C[C@@H](Cc1cccnc1)C(=O)N[C@@H](CO)C(=O)OCc1ccccc1. The average molecular weight is 342 g/mol. The number of nitrogens with zero attached hydrogens (tertiary/aromatic N) is 1. The van der Waals surface area contributed by atoms with Crippen LogP contribution in [0.1, 0.15) is 18.1 Å². The molecular weight excluding hydrogens is 320 g/mol. The largest absolute Gasteiger partial charge is 0.459 e. The molecule has 0 radical (unpaired) electrons. The van der Waals surface area contributed by atoms with E-state index < -0.39 is 18.6 Å². The van der Waals surface area contributed by atoms with E-state index in [0.29, 0.717) is 6.42 Å². The van der Waals surface area contributed by atoms with Crippen LogP contribution < -0.4 is 5.32 Å². The van der Waals surface area contributed by atoms with Gasteiger partial charge in [-0.25, -0.2) is 4.79 Å². The lowest BCUT2D eigenvalue weighted by Crippen LogP contribution is -2.46. The van der Waals surface area contributed by atoms with Crippen LogP contribution in [0.4, 0.5) is 0 Å². The fourth-order valence-corrected chi connectivity index (χ4v) is 2.29. The highest BCUT2D eigenvalue weighted by Gasteiger charge is 2.24. The van der Waals surface area contributed by atoms with Crippen LogP contribution in [0.3, 0.4) is 0 Å². The number of nitrogens with one attached hydrogen (secondary N) is 1. The molecule has 1 aromatic carbocycles. The number of amides is 1. The third kappa shape index (κ3) is 6.00. The minimum absolute atomic E-state index is 0.0945. The molecule has 0 aliphatic carbocycles. The summed E-state index contributed by atoms with van der Waals surface area (Å²) < 4.78 is 5.16. The van der Waals surface area contributed by atoms with Crippen molar-refractivity contribution in [2.75, 3.05) is 6.61 Å². The zero-order valence-corrected chi connectivity index (χ0v) is 14.1. The maximum atomic E-state index is 12.2. The third-order valence-electron chi connectivity index (χ3n) is 3.72. The van der Waals surface area contributed by atoms with Gasteiger partial charge in [-0.15, -0.1) is 0 Å². The van der Waals surface area contributed by atoms with Crippen molar-refractivity contribution >= 4 is 11.9 Å². The highest BCUT2D eigenvalue weighted by Crippen LogP contribution is 2.08. The number of ether oxygens (including phenoxy) is 1. The molecule has 0 unspecified atom stereocenters. The Morgan fingerprint density at radius 1 is 1.16 bits per heavy atom. The second kappa shape index (κ2) is 9.54. The molecule has 1 aromatic heterocycles. The Kier molecular flexibility index (Phi) is 7.10. The van der Waals surface area contributed by atoms with Gasteiger partial charge in [-0.05, 0) is 23.6 Å². The van der Waals surface area contributed by atoms with Crippen LogP contribution in [0.25, 0.3) is 0 Å². The Bertz CT molecular complexity index is 676. The monoisotopic (exact) mass is 342 g/mol. The summed E-state index contributed by atoms with van der Waals surface area (Å²) in [7, 11) is 0. The van der Waals surface area contributed by atoms with Crippen molar-refractivity contribution in [3.05, 3.63) is 66.0 Å². The molecule has 1 heterocycles. The number of carbonyl (C=O) groups is 2. The molecule has 2 N–H and O–H groups in total. The molecule has 0 aliphatic heterocycles. The Morgan fingerprint density at radius 2 is 1.88 bits per heavy atom. The highest BCUT2D eigenvalue weighted by molar-refractivity contribution is 5.85. The van der Waals surface area contributed by atoms with E-state index in [-0.39, 0.29) is 18.4 Å². The number of pyridine rings is 1. The number of aliphatic hydroxyl groups is 1. The van der Waals surface area contributed by atoms with Gasteiger partial charge >= 0.3 is 5.97 Å². The third-order valence-corrected chi connectivity index (χ3v) is 3.72. The number of aromatic nitrogens is 1.